The molecule has 0 radical (unpaired) electrons. The summed E-state index contributed by atoms with van der Waals surface area (Å²) in [6, 6.07) is 5.66. The van der Waals surface area contributed by atoms with E-state index in [1.165, 1.54) is 7.11 Å². The van der Waals surface area contributed by atoms with Crippen LogP contribution in [-0.4, -0.2) is 31.8 Å². The van der Waals surface area contributed by atoms with Crippen LogP contribution in [0.5, 0.6) is 5.75 Å². The van der Waals surface area contributed by atoms with E-state index in [1.54, 1.807) is 11.8 Å². The lowest BCUT2D eigenvalue weighted by molar-refractivity contribution is -0.127. The lowest BCUT2D eigenvalue weighted by atomic mass is 10.1. The van der Waals surface area contributed by atoms with Crippen LogP contribution in [0.4, 0.5) is 5.69 Å². The van der Waals surface area contributed by atoms with Gasteiger partial charge in [0, 0.05) is 11.6 Å². The zero-order valence-electron chi connectivity index (χ0n) is 10.6. The summed E-state index contributed by atoms with van der Waals surface area (Å²) < 4.78 is 11.7. The molecule has 1 aromatic carbocycles. The third-order valence-electron chi connectivity index (χ3n) is 2.95. The lowest BCUT2D eigenvalue weighted by Gasteiger charge is -2.34. The van der Waals surface area contributed by atoms with Crippen molar-refractivity contribution in [3.63, 3.8) is 0 Å². The van der Waals surface area contributed by atoms with E-state index < -0.39 is 6.10 Å². The number of ether oxygens (including phenoxy) is 2. The van der Waals surface area contributed by atoms with E-state index >= 15 is 0 Å². The normalized spacial score (nSPS) is 20.0. The second-order valence-electron chi connectivity index (χ2n) is 4.37. The maximum absolute atomic E-state index is 12.3. The summed E-state index contributed by atoms with van der Waals surface area (Å²) in [5.41, 5.74) is 0.788. The third kappa shape index (κ3) is 2.52. The molecule has 0 saturated carbocycles. The van der Waals surface area contributed by atoms with E-state index in [9.17, 15) is 4.79 Å². The van der Waals surface area contributed by atoms with E-state index in [4.69, 9.17) is 9.47 Å². The largest absolute Gasteiger partial charge is 0.487 e. The number of carbonyl (C=O) groups is 1. The van der Waals surface area contributed by atoms with Gasteiger partial charge in [0.05, 0.1) is 12.2 Å². The van der Waals surface area contributed by atoms with E-state index in [-0.39, 0.29) is 12.0 Å². The Morgan fingerprint density at radius 3 is 3.00 bits per heavy atom. The Labute approximate surface area is 115 Å². The molecule has 1 heterocycles. The Kier molecular flexibility index (Phi) is 3.92. The Balaban J connectivity index is 2.38. The molecule has 0 N–H and O–H groups in total. The topological polar surface area (TPSA) is 38.8 Å². The average Bonchev–Trinajstić information content (AvgIpc) is 2.36. The van der Waals surface area contributed by atoms with Crippen LogP contribution in [0.3, 0.4) is 0 Å². The van der Waals surface area contributed by atoms with E-state index in [2.05, 4.69) is 15.9 Å². The molecule has 2 atom stereocenters. The number of nitrogens with zero attached hydrogens (tertiary/aromatic N) is 1. The first-order chi connectivity index (χ1) is 8.52. The Bertz CT molecular complexity index is 464. The van der Waals surface area contributed by atoms with Crippen LogP contribution >= 0.6 is 15.9 Å². The fraction of sp³-hybridized carbons (Fsp3) is 0.462. The van der Waals surface area contributed by atoms with E-state index in [0.717, 1.165) is 15.9 Å². The van der Waals surface area contributed by atoms with Crippen molar-refractivity contribution in [1.82, 2.24) is 0 Å². The van der Waals surface area contributed by atoms with Gasteiger partial charge < -0.3 is 14.4 Å². The van der Waals surface area contributed by atoms with Gasteiger partial charge in [-0.1, -0.05) is 15.9 Å². The first kappa shape index (κ1) is 13.4. The molecule has 0 aliphatic carbocycles. The van der Waals surface area contributed by atoms with Crippen LogP contribution in [0.25, 0.3) is 0 Å². The van der Waals surface area contributed by atoms with Gasteiger partial charge in [0.1, 0.15) is 18.0 Å². The van der Waals surface area contributed by atoms with Gasteiger partial charge in [0.25, 0.3) is 5.91 Å². The predicted molar refractivity (Wildman–Crippen MR) is 73.1 cm³/mol. The van der Waals surface area contributed by atoms with Crippen molar-refractivity contribution < 1.29 is 14.3 Å². The number of methoxy groups -OCH3 is 1. The monoisotopic (exact) mass is 313 g/mol. The van der Waals surface area contributed by atoms with E-state index in [0.29, 0.717) is 6.54 Å². The number of hydrogen-bond donors (Lipinski definition) is 0. The molecular formula is C13H16BrNO3. The molecule has 0 saturated heterocycles. The number of hydrogen-bond acceptors (Lipinski definition) is 3. The van der Waals surface area contributed by atoms with Crippen LogP contribution < -0.4 is 9.64 Å². The summed E-state index contributed by atoms with van der Waals surface area (Å²) >= 11 is 3.41. The summed E-state index contributed by atoms with van der Waals surface area (Å²) in [6.45, 7) is 4.23. The highest BCUT2D eigenvalue weighted by atomic mass is 79.9. The molecule has 0 unspecified atom stereocenters. The average molecular weight is 314 g/mol. The first-order valence-corrected chi connectivity index (χ1v) is 6.62. The van der Waals surface area contributed by atoms with Crippen molar-refractivity contribution in [1.29, 1.82) is 0 Å². The molecule has 5 heteroatoms. The van der Waals surface area contributed by atoms with E-state index in [1.807, 2.05) is 25.1 Å². The van der Waals surface area contributed by atoms with Crippen molar-refractivity contribution >= 4 is 27.5 Å². The number of rotatable bonds is 2. The summed E-state index contributed by atoms with van der Waals surface area (Å²) in [7, 11) is 1.54. The van der Waals surface area contributed by atoms with Crippen LogP contribution in [0.1, 0.15) is 13.8 Å². The van der Waals surface area contributed by atoms with Crippen molar-refractivity contribution in [2.45, 2.75) is 26.1 Å². The Morgan fingerprint density at radius 1 is 1.61 bits per heavy atom. The quantitative estimate of drug-likeness (QED) is 0.842. The summed E-state index contributed by atoms with van der Waals surface area (Å²) in [4.78, 5) is 14.0. The number of anilines is 1. The molecule has 4 nitrogen and oxygen atoms in total. The molecule has 98 valence electrons. The van der Waals surface area contributed by atoms with Gasteiger partial charge >= 0.3 is 0 Å². The van der Waals surface area contributed by atoms with Gasteiger partial charge in [0.15, 0.2) is 0 Å². The zero-order valence-corrected chi connectivity index (χ0v) is 12.2. The minimum atomic E-state index is -0.456. The van der Waals surface area contributed by atoms with Crippen molar-refractivity contribution in [3.8, 4) is 5.75 Å². The summed E-state index contributed by atoms with van der Waals surface area (Å²) in [6.07, 6.45) is -0.478. The van der Waals surface area contributed by atoms with Gasteiger partial charge in [-0.25, -0.2) is 0 Å². The predicted octanol–water partition coefficient (Wildman–Crippen LogP) is 2.60. The zero-order chi connectivity index (χ0) is 13.3. The maximum Gasteiger partial charge on any atom is 0.256 e. The fourth-order valence-corrected chi connectivity index (χ4v) is 2.29. The van der Waals surface area contributed by atoms with Crippen molar-refractivity contribution in [3.05, 3.63) is 22.7 Å². The molecule has 18 heavy (non-hydrogen) atoms. The second kappa shape index (κ2) is 5.28. The Hall–Kier alpha value is -1.07. The molecule has 2 rings (SSSR count). The number of fused-ring (bicyclic) bond motifs is 1. The highest BCUT2D eigenvalue weighted by Gasteiger charge is 2.30. The van der Waals surface area contributed by atoms with Gasteiger partial charge in [0.2, 0.25) is 0 Å². The van der Waals surface area contributed by atoms with Crippen LogP contribution in [-0.2, 0) is 9.53 Å². The third-order valence-corrected chi connectivity index (χ3v) is 3.44. The summed E-state index contributed by atoms with van der Waals surface area (Å²) in [5, 5.41) is 0. The maximum atomic E-state index is 12.3. The molecule has 0 aromatic heterocycles. The molecule has 1 aliphatic rings. The van der Waals surface area contributed by atoms with Crippen LogP contribution in [0, 0.1) is 0 Å². The molecular weight excluding hydrogens is 298 g/mol. The number of carbonyl (C=O) groups excluding carboxylic acids is 1. The molecule has 0 spiro atoms. The van der Waals surface area contributed by atoms with Gasteiger partial charge in [-0.2, -0.15) is 0 Å². The molecule has 1 aromatic rings. The first-order valence-electron chi connectivity index (χ1n) is 5.83. The van der Waals surface area contributed by atoms with Crippen molar-refractivity contribution in [2.75, 3.05) is 18.6 Å². The summed E-state index contributed by atoms with van der Waals surface area (Å²) in [5.74, 6) is 0.681. The highest BCUT2D eigenvalue weighted by molar-refractivity contribution is 9.10. The SMILES string of the molecule is CO[C@@H](C)C(=O)N1C[C@H](C)Oc2ccc(Br)cc21. The Morgan fingerprint density at radius 2 is 2.33 bits per heavy atom. The number of halogens is 1. The fourth-order valence-electron chi connectivity index (χ4n) is 1.94. The smallest absolute Gasteiger partial charge is 0.256 e. The van der Waals surface area contributed by atoms with Crippen LogP contribution in [0.2, 0.25) is 0 Å². The van der Waals surface area contributed by atoms with Gasteiger partial charge in [-0.05, 0) is 32.0 Å². The van der Waals surface area contributed by atoms with Crippen LogP contribution in [0.15, 0.2) is 22.7 Å². The number of amides is 1. The minimum Gasteiger partial charge on any atom is -0.487 e. The van der Waals surface area contributed by atoms with Crippen molar-refractivity contribution in [2.24, 2.45) is 0 Å². The minimum absolute atomic E-state index is 0.0216. The lowest BCUT2D eigenvalue weighted by Crippen LogP contribution is -2.46. The standard InChI is InChI=1S/C13H16BrNO3/c1-8-7-15(13(16)9(2)17-3)11-6-10(14)4-5-12(11)18-8/h4-6,8-9H,7H2,1-3H3/t8-,9-/m0/s1. The highest BCUT2D eigenvalue weighted by Crippen LogP contribution is 2.36. The van der Waals surface area contributed by atoms with Gasteiger partial charge in [-0.3, -0.25) is 4.79 Å². The van der Waals surface area contributed by atoms with Gasteiger partial charge in [-0.15, -0.1) is 0 Å². The molecule has 0 fully saturated rings. The second-order valence-corrected chi connectivity index (χ2v) is 5.28. The molecule has 1 aliphatic heterocycles. The molecule has 0 bridgehead atoms. The number of benzene rings is 1. The molecule has 1 amide bonds.